The first-order valence-electron chi connectivity index (χ1n) is 7.84. The molecule has 1 amide bonds. The lowest BCUT2D eigenvalue weighted by molar-refractivity contribution is -0.122. The van der Waals surface area contributed by atoms with Gasteiger partial charge in [0.2, 0.25) is 5.91 Å². The van der Waals surface area contributed by atoms with Crippen molar-refractivity contribution in [3.8, 4) is 0 Å². The molecule has 0 fully saturated rings. The minimum Gasteiger partial charge on any atom is -0.464 e. The first-order valence-corrected chi connectivity index (χ1v) is 7.84. The topological polar surface area (TPSA) is 77.1 Å². The van der Waals surface area contributed by atoms with Crippen LogP contribution in [0.25, 0.3) is 10.9 Å². The summed E-state index contributed by atoms with van der Waals surface area (Å²) in [7, 11) is 0. The second-order valence-corrected chi connectivity index (χ2v) is 5.75. The van der Waals surface area contributed by atoms with Gasteiger partial charge in [-0.2, -0.15) is 0 Å². The van der Waals surface area contributed by atoms with Crippen molar-refractivity contribution in [3.63, 3.8) is 0 Å². The Kier molecular flexibility index (Phi) is 4.46. The van der Waals surface area contributed by atoms with E-state index in [1.807, 2.05) is 32.0 Å². The number of hydrogen-bond donors (Lipinski definition) is 1. The average molecular weight is 325 g/mol. The Morgan fingerprint density at radius 2 is 2.08 bits per heavy atom. The maximum absolute atomic E-state index is 12.4. The van der Waals surface area contributed by atoms with Gasteiger partial charge in [0.1, 0.15) is 11.5 Å². The summed E-state index contributed by atoms with van der Waals surface area (Å²) in [6.45, 7) is 4.00. The van der Waals surface area contributed by atoms with Crippen molar-refractivity contribution in [2.24, 2.45) is 0 Å². The Morgan fingerprint density at radius 3 is 2.83 bits per heavy atom. The SMILES string of the molecule is Cc1ccc(C(C)NC(=O)CCn2cnc3ccccc3c2=O)o1. The van der Waals surface area contributed by atoms with Gasteiger partial charge in [-0.3, -0.25) is 14.2 Å². The summed E-state index contributed by atoms with van der Waals surface area (Å²) in [5, 5.41) is 3.42. The van der Waals surface area contributed by atoms with Crippen molar-refractivity contribution >= 4 is 16.8 Å². The molecule has 0 saturated heterocycles. The molecule has 0 spiro atoms. The third-order valence-corrected chi connectivity index (χ3v) is 3.88. The van der Waals surface area contributed by atoms with E-state index >= 15 is 0 Å². The molecule has 0 radical (unpaired) electrons. The van der Waals surface area contributed by atoms with Crippen LogP contribution in [0.5, 0.6) is 0 Å². The van der Waals surface area contributed by atoms with Crippen LogP contribution in [0, 0.1) is 6.92 Å². The smallest absolute Gasteiger partial charge is 0.261 e. The molecule has 6 nitrogen and oxygen atoms in total. The molecule has 0 saturated carbocycles. The quantitative estimate of drug-likeness (QED) is 0.782. The summed E-state index contributed by atoms with van der Waals surface area (Å²) in [6.07, 6.45) is 1.68. The first kappa shape index (κ1) is 16.0. The minimum absolute atomic E-state index is 0.136. The third-order valence-electron chi connectivity index (χ3n) is 3.88. The molecule has 1 unspecified atom stereocenters. The molecular formula is C18H19N3O3. The highest BCUT2D eigenvalue weighted by Crippen LogP contribution is 2.15. The highest BCUT2D eigenvalue weighted by molar-refractivity contribution is 5.77. The summed E-state index contributed by atoms with van der Waals surface area (Å²) in [6, 6.07) is 10.7. The zero-order valence-electron chi connectivity index (χ0n) is 13.7. The van der Waals surface area contributed by atoms with E-state index < -0.39 is 0 Å². The fourth-order valence-corrected chi connectivity index (χ4v) is 2.56. The van der Waals surface area contributed by atoms with Gasteiger partial charge in [-0.25, -0.2) is 4.98 Å². The van der Waals surface area contributed by atoms with Gasteiger partial charge in [0.05, 0.1) is 23.3 Å². The molecule has 24 heavy (non-hydrogen) atoms. The lowest BCUT2D eigenvalue weighted by atomic mass is 10.2. The van der Waals surface area contributed by atoms with E-state index in [9.17, 15) is 9.59 Å². The molecule has 2 aromatic heterocycles. The molecule has 0 aliphatic carbocycles. The predicted octanol–water partition coefficient (Wildman–Crippen LogP) is 2.57. The molecule has 3 aromatic rings. The molecule has 0 bridgehead atoms. The van der Waals surface area contributed by atoms with Crippen LogP contribution in [0.2, 0.25) is 0 Å². The number of carbonyl (C=O) groups is 1. The van der Waals surface area contributed by atoms with E-state index in [0.717, 1.165) is 5.76 Å². The molecule has 1 aromatic carbocycles. The normalized spacial score (nSPS) is 12.2. The number of amides is 1. The van der Waals surface area contributed by atoms with Gasteiger partial charge >= 0.3 is 0 Å². The zero-order chi connectivity index (χ0) is 17.1. The van der Waals surface area contributed by atoms with Gasteiger partial charge in [0, 0.05) is 13.0 Å². The summed E-state index contributed by atoms with van der Waals surface area (Å²) in [5.41, 5.74) is 0.521. The number of benzene rings is 1. The van der Waals surface area contributed by atoms with Gasteiger partial charge in [-0.15, -0.1) is 0 Å². The van der Waals surface area contributed by atoms with Crippen LogP contribution < -0.4 is 10.9 Å². The van der Waals surface area contributed by atoms with Crippen LogP contribution in [0.3, 0.4) is 0 Å². The van der Waals surface area contributed by atoms with Gasteiger partial charge < -0.3 is 9.73 Å². The highest BCUT2D eigenvalue weighted by Gasteiger charge is 2.13. The standard InChI is InChI=1S/C18H19N3O3/c1-12-7-8-16(24-12)13(2)20-17(22)9-10-21-11-19-15-6-4-3-5-14(15)18(21)23/h3-8,11,13H,9-10H2,1-2H3,(H,20,22). The van der Waals surface area contributed by atoms with Gasteiger partial charge in [0.15, 0.2) is 0 Å². The van der Waals surface area contributed by atoms with Gasteiger partial charge in [0.25, 0.3) is 5.56 Å². The Morgan fingerprint density at radius 1 is 1.29 bits per heavy atom. The Bertz CT molecular complexity index is 926. The van der Waals surface area contributed by atoms with Crippen LogP contribution in [-0.2, 0) is 11.3 Å². The fourth-order valence-electron chi connectivity index (χ4n) is 2.56. The van der Waals surface area contributed by atoms with E-state index in [0.29, 0.717) is 16.7 Å². The van der Waals surface area contributed by atoms with Crippen molar-refractivity contribution in [1.29, 1.82) is 0 Å². The van der Waals surface area contributed by atoms with E-state index in [1.54, 1.807) is 18.2 Å². The number of aryl methyl sites for hydroxylation is 2. The molecule has 3 rings (SSSR count). The molecule has 0 aliphatic rings. The van der Waals surface area contributed by atoms with Gasteiger partial charge in [-0.1, -0.05) is 12.1 Å². The number of furan rings is 1. The maximum atomic E-state index is 12.4. The molecule has 1 N–H and O–H groups in total. The minimum atomic E-state index is -0.211. The second-order valence-electron chi connectivity index (χ2n) is 5.75. The van der Waals surface area contributed by atoms with E-state index in [-0.39, 0.29) is 30.5 Å². The molecule has 0 aliphatic heterocycles. The number of aromatic nitrogens is 2. The molecule has 124 valence electrons. The lowest BCUT2D eigenvalue weighted by Gasteiger charge is -2.12. The van der Waals surface area contributed by atoms with Crippen molar-refractivity contribution in [1.82, 2.24) is 14.9 Å². The number of nitrogens with one attached hydrogen (secondary N) is 1. The maximum Gasteiger partial charge on any atom is 0.261 e. The summed E-state index contributed by atoms with van der Waals surface area (Å²) >= 11 is 0. The van der Waals surface area contributed by atoms with E-state index in [2.05, 4.69) is 10.3 Å². The number of hydrogen-bond acceptors (Lipinski definition) is 4. The summed E-state index contributed by atoms with van der Waals surface area (Å²) in [5.74, 6) is 1.38. The van der Waals surface area contributed by atoms with E-state index in [1.165, 1.54) is 10.9 Å². The lowest BCUT2D eigenvalue weighted by Crippen LogP contribution is -2.29. The molecule has 1 atom stereocenters. The van der Waals surface area contributed by atoms with Crippen molar-refractivity contribution in [3.05, 3.63) is 64.6 Å². The first-order chi connectivity index (χ1) is 11.5. The van der Waals surface area contributed by atoms with Crippen molar-refractivity contribution in [2.45, 2.75) is 32.9 Å². The number of carbonyl (C=O) groups excluding carboxylic acids is 1. The second kappa shape index (κ2) is 6.70. The average Bonchev–Trinajstić information content (AvgIpc) is 3.01. The van der Waals surface area contributed by atoms with E-state index in [4.69, 9.17) is 4.42 Å². The van der Waals surface area contributed by atoms with Crippen LogP contribution in [0.4, 0.5) is 0 Å². The monoisotopic (exact) mass is 325 g/mol. The van der Waals surface area contributed by atoms with Crippen LogP contribution in [0.1, 0.15) is 30.9 Å². The largest absolute Gasteiger partial charge is 0.464 e. The van der Waals surface area contributed by atoms with Crippen molar-refractivity contribution in [2.75, 3.05) is 0 Å². The fraction of sp³-hybridized carbons (Fsp3) is 0.278. The Labute approximate surface area is 139 Å². The molecule has 2 heterocycles. The van der Waals surface area contributed by atoms with Gasteiger partial charge in [-0.05, 0) is 38.1 Å². The van der Waals surface area contributed by atoms with Crippen LogP contribution in [-0.4, -0.2) is 15.5 Å². The third kappa shape index (κ3) is 3.37. The number of fused-ring (bicyclic) bond motifs is 1. The number of para-hydroxylation sites is 1. The zero-order valence-corrected chi connectivity index (χ0v) is 13.7. The summed E-state index contributed by atoms with van der Waals surface area (Å²) in [4.78, 5) is 28.7. The number of nitrogens with zero attached hydrogens (tertiary/aromatic N) is 2. The number of rotatable bonds is 5. The Balaban J connectivity index is 1.64. The summed E-state index contributed by atoms with van der Waals surface area (Å²) < 4.78 is 6.96. The van der Waals surface area contributed by atoms with Crippen LogP contribution >= 0.6 is 0 Å². The van der Waals surface area contributed by atoms with Crippen LogP contribution in [0.15, 0.2) is 51.9 Å². The highest BCUT2D eigenvalue weighted by atomic mass is 16.3. The van der Waals surface area contributed by atoms with Crippen molar-refractivity contribution < 1.29 is 9.21 Å². The molecular weight excluding hydrogens is 306 g/mol. The predicted molar refractivity (Wildman–Crippen MR) is 90.6 cm³/mol. The Hall–Kier alpha value is -2.89. The molecule has 6 heteroatoms.